The molecule has 0 bridgehead atoms. The second-order valence-electron chi connectivity index (χ2n) is 6.23. The number of hydrogen-bond acceptors (Lipinski definition) is 4. The molecule has 0 amide bonds. The van der Waals surface area contributed by atoms with Crippen LogP contribution in [-0.2, 0) is 19.5 Å². The third-order valence-corrected chi connectivity index (χ3v) is 4.15. The van der Waals surface area contributed by atoms with Crippen molar-refractivity contribution >= 4 is 0 Å². The van der Waals surface area contributed by atoms with E-state index in [9.17, 15) is 5.11 Å². The van der Waals surface area contributed by atoms with E-state index in [0.717, 1.165) is 42.0 Å². The summed E-state index contributed by atoms with van der Waals surface area (Å²) in [6, 6.07) is 17.7. The van der Waals surface area contributed by atoms with Crippen LogP contribution >= 0.6 is 0 Å². The molecule has 0 atom stereocenters. The Morgan fingerprint density at radius 2 is 1.60 bits per heavy atom. The SMILES string of the molecule is Cc1ccc(O)c(CN(CCc2ccccn2)Cc2ccccn2)c1. The van der Waals surface area contributed by atoms with E-state index in [1.54, 1.807) is 6.07 Å². The molecule has 0 spiro atoms. The molecule has 0 radical (unpaired) electrons. The van der Waals surface area contributed by atoms with E-state index >= 15 is 0 Å². The maximum absolute atomic E-state index is 10.2. The van der Waals surface area contributed by atoms with Crippen LogP contribution in [0.4, 0.5) is 0 Å². The van der Waals surface area contributed by atoms with Gasteiger partial charge in [0.05, 0.1) is 5.69 Å². The van der Waals surface area contributed by atoms with Gasteiger partial charge in [0, 0.05) is 49.7 Å². The Kier molecular flexibility index (Phi) is 5.75. The number of aromatic nitrogens is 2. The first kappa shape index (κ1) is 17.1. The molecule has 1 aromatic carbocycles. The van der Waals surface area contributed by atoms with Crippen LogP contribution in [0.5, 0.6) is 5.75 Å². The van der Waals surface area contributed by atoms with Gasteiger partial charge < -0.3 is 5.11 Å². The molecule has 3 rings (SSSR count). The largest absolute Gasteiger partial charge is 0.508 e. The number of rotatable bonds is 7. The average Bonchev–Trinajstić information content (AvgIpc) is 2.64. The minimum absolute atomic E-state index is 0.342. The monoisotopic (exact) mass is 333 g/mol. The molecule has 0 fully saturated rings. The Morgan fingerprint density at radius 3 is 2.28 bits per heavy atom. The van der Waals surface area contributed by atoms with Crippen LogP contribution < -0.4 is 0 Å². The smallest absolute Gasteiger partial charge is 0.120 e. The lowest BCUT2D eigenvalue weighted by Crippen LogP contribution is -2.26. The fourth-order valence-corrected chi connectivity index (χ4v) is 2.84. The van der Waals surface area contributed by atoms with Gasteiger partial charge in [0.15, 0.2) is 0 Å². The molecular formula is C21H23N3O. The molecule has 2 heterocycles. The van der Waals surface area contributed by atoms with Crippen molar-refractivity contribution in [2.24, 2.45) is 0 Å². The first-order valence-corrected chi connectivity index (χ1v) is 8.51. The van der Waals surface area contributed by atoms with Crippen LogP contribution in [0.3, 0.4) is 0 Å². The van der Waals surface area contributed by atoms with Crippen molar-refractivity contribution in [2.75, 3.05) is 6.54 Å². The van der Waals surface area contributed by atoms with Gasteiger partial charge in [0.2, 0.25) is 0 Å². The van der Waals surface area contributed by atoms with Gasteiger partial charge in [-0.2, -0.15) is 0 Å². The van der Waals surface area contributed by atoms with E-state index in [2.05, 4.69) is 14.9 Å². The standard InChI is InChI=1S/C21H23N3O/c1-17-8-9-21(25)18(14-17)15-24(16-20-7-3-5-12-23-20)13-10-19-6-2-4-11-22-19/h2-9,11-12,14,25H,10,13,15-16H2,1H3. The lowest BCUT2D eigenvalue weighted by molar-refractivity contribution is 0.252. The van der Waals surface area contributed by atoms with Crippen LogP contribution in [0.15, 0.2) is 67.0 Å². The Hall–Kier alpha value is -2.72. The second-order valence-corrected chi connectivity index (χ2v) is 6.23. The first-order chi connectivity index (χ1) is 12.2. The minimum Gasteiger partial charge on any atom is -0.508 e. The Labute approximate surface area is 148 Å². The molecule has 0 aliphatic carbocycles. The molecule has 0 saturated carbocycles. The van der Waals surface area contributed by atoms with Crippen molar-refractivity contribution in [3.05, 3.63) is 89.5 Å². The lowest BCUT2D eigenvalue weighted by Gasteiger charge is -2.22. The summed E-state index contributed by atoms with van der Waals surface area (Å²) < 4.78 is 0. The van der Waals surface area contributed by atoms with Crippen molar-refractivity contribution in [3.63, 3.8) is 0 Å². The topological polar surface area (TPSA) is 49.2 Å². The van der Waals surface area contributed by atoms with Gasteiger partial charge in [-0.15, -0.1) is 0 Å². The zero-order valence-electron chi connectivity index (χ0n) is 14.5. The molecule has 0 aliphatic rings. The Bertz CT molecular complexity index is 791. The summed E-state index contributed by atoms with van der Waals surface area (Å²) in [4.78, 5) is 11.1. The summed E-state index contributed by atoms with van der Waals surface area (Å²) in [5.74, 6) is 0.342. The molecule has 128 valence electrons. The number of aryl methyl sites for hydroxylation is 1. The fourth-order valence-electron chi connectivity index (χ4n) is 2.84. The predicted octanol–water partition coefficient (Wildman–Crippen LogP) is 3.74. The molecule has 25 heavy (non-hydrogen) atoms. The van der Waals surface area contributed by atoms with Gasteiger partial charge in [0.25, 0.3) is 0 Å². The molecular weight excluding hydrogens is 310 g/mol. The molecule has 3 aromatic rings. The van der Waals surface area contributed by atoms with E-state index in [0.29, 0.717) is 12.3 Å². The van der Waals surface area contributed by atoms with Crippen LogP contribution in [-0.4, -0.2) is 26.5 Å². The number of pyridine rings is 2. The first-order valence-electron chi connectivity index (χ1n) is 8.51. The Balaban J connectivity index is 1.74. The zero-order valence-corrected chi connectivity index (χ0v) is 14.5. The summed E-state index contributed by atoms with van der Waals surface area (Å²) in [6.45, 7) is 4.30. The molecule has 0 aliphatic heterocycles. The molecule has 4 heteroatoms. The number of phenolic OH excluding ortho intramolecular Hbond substituents is 1. The van der Waals surface area contributed by atoms with Crippen LogP contribution in [0.1, 0.15) is 22.5 Å². The van der Waals surface area contributed by atoms with E-state index in [1.165, 1.54) is 0 Å². The predicted molar refractivity (Wildman–Crippen MR) is 99.1 cm³/mol. The number of benzene rings is 1. The summed E-state index contributed by atoms with van der Waals surface area (Å²) in [7, 11) is 0. The van der Waals surface area contributed by atoms with Crippen LogP contribution in [0, 0.1) is 6.92 Å². The number of aromatic hydroxyl groups is 1. The normalized spacial score (nSPS) is 11.0. The maximum atomic E-state index is 10.2. The van der Waals surface area contributed by atoms with Crippen LogP contribution in [0.25, 0.3) is 0 Å². The molecule has 4 nitrogen and oxygen atoms in total. The van der Waals surface area contributed by atoms with Crippen molar-refractivity contribution in [1.82, 2.24) is 14.9 Å². The number of nitrogens with zero attached hydrogens (tertiary/aromatic N) is 3. The highest BCUT2D eigenvalue weighted by Crippen LogP contribution is 2.21. The highest BCUT2D eigenvalue weighted by atomic mass is 16.3. The Morgan fingerprint density at radius 1 is 0.880 bits per heavy atom. The van der Waals surface area contributed by atoms with Crippen molar-refractivity contribution in [2.45, 2.75) is 26.4 Å². The molecule has 1 N–H and O–H groups in total. The summed E-state index contributed by atoms with van der Waals surface area (Å²) >= 11 is 0. The third-order valence-electron chi connectivity index (χ3n) is 4.15. The van der Waals surface area contributed by atoms with Crippen molar-refractivity contribution in [1.29, 1.82) is 0 Å². The highest BCUT2D eigenvalue weighted by molar-refractivity contribution is 5.35. The van der Waals surface area contributed by atoms with E-state index < -0.39 is 0 Å². The van der Waals surface area contributed by atoms with Gasteiger partial charge in [-0.05, 0) is 37.3 Å². The van der Waals surface area contributed by atoms with Gasteiger partial charge in [-0.3, -0.25) is 14.9 Å². The van der Waals surface area contributed by atoms with Gasteiger partial charge in [-0.1, -0.05) is 29.8 Å². The van der Waals surface area contributed by atoms with E-state index in [4.69, 9.17) is 0 Å². The minimum atomic E-state index is 0.342. The second kappa shape index (κ2) is 8.40. The van der Waals surface area contributed by atoms with E-state index in [1.807, 2.05) is 67.8 Å². The molecule has 0 unspecified atom stereocenters. The number of phenols is 1. The van der Waals surface area contributed by atoms with Gasteiger partial charge >= 0.3 is 0 Å². The van der Waals surface area contributed by atoms with Crippen molar-refractivity contribution < 1.29 is 5.11 Å². The van der Waals surface area contributed by atoms with E-state index in [-0.39, 0.29) is 0 Å². The van der Waals surface area contributed by atoms with Gasteiger partial charge in [0.1, 0.15) is 5.75 Å². The quantitative estimate of drug-likeness (QED) is 0.716. The third kappa shape index (κ3) is 5.13. The fraction of sp³-hybridized carbons (Fsp3) is 0.238. The van der Waals surface area contributed by atoms with Crippen LogP contribution in [0.2, 0.25) is 0 Å². The highest BCUT2D eigenvalue weighted by Gasteiger charge is 2.11. The summed E-state index contributed by atoms with van der Waals surface area (Å²) in [5, 5.41) is 10.2. The molecule has 2 aromatic heterocycles. The average molecular weight is 333 g/mol. The summed E-state index contributed by atoms with van der Waals surface area (Å²) in [5.41, 5.74) is 4.19. The van der Waals surface area contributed by atoms with Crippen molar-refractivity contribution in [3.8, 4) is 5.75 Å². The molecule has 0 saturated heterocycles. The number of hydrogen-bond donors (Lipinski definition) is 1. The van der Waals surface area contributed by atoms with Gasteiger partial charge in [-0.25, -0.2) is 0 Å². The lowest BCUT2D eigenvalue weighted by atomic mass is 10.1. The maximum Gasteiger partial charge on any atom is 0.120 e. The summed E-state index contributed by atoms with van der Waals surface area (Å²) in [6.07, 6.45) is 4.50. The zero-order chi connectivity index (χ0) is 17.5.